The molecule has 2 N–H and O–H groups in total. The third kappa shape index (κ3) is 2.15. The molecule has 1 aromatic rings. The number of hydrogen-bond acceptors (Lipinski definition) is 3. The van der Waals surface area contributed by atoms with Gasteiger partial charge in [-0.1, -0.05) is 6.07 Å². The van der Waals surface area contributed by atoms with Crippen LogP contribution in [-0.2, 0) is 10.3 Å². The zero-order valence-electron chi connectivity index (χ0n) is 10.9. The van der Waals surface area contributed by atoms with Crippen molar-refractivity contribution in [2.45, 2.75) is 31.2 Å². The number of ether oxygens (including phenoxy) is 1. The van der Waals surface area contributed by atoms with Crippen molar-refractivity contribution in [3.05, 3.63) is 35.6 Å². The molecule has 3 nitrogen and oxygen atoms in total. The minimum absolute atomic E-state index is 0.0900. The highest BCUT2D eigenvalue weighted by Crippen LogP contribution is 2.41. The minimum Gasteiger partial charge on any atom is -0.385 e. The van der Waals surface area contributed by atoms with Crippen molar-refractivity contribution in [3.8, 4) is 0 Å². The van der Waals surface area contributed by atoms with Crippen LogP contribution in [0.15, 0.2) is 23.2 Å². The van der Waals surface area contributed by atoms with E-state index in [1.165, 1.54) is 19.1 Å². The fraction of sp³-hybridized carbons (Fsp3) is 0.462. The summed E-state index contributed by atoms with van der Waals surface area (Å²) in [6, 6.07) is 6.50. The van der Waals surface area contributed by atoms with E-state index in [4.69, 9.17) is 10.5 Å². The summed E-state index contributed by atoms with van der Waals surface area (Å²) in [5.74, 6) is -1.32. The average molecular weight is 289 g/mol. The third-order valence-corrected chi connectivity index (χ3v) is 3.43. The Morgan fingerprint density at radius 1 is 1.40 bits per heavy atom. The van der Waals surface area contributed by atoms with E-state index in [0.29, 0.717) is 0 Å². The number of nitrogens with two attached hydrogens (primary N) is 1. The fourth-order valence-corrected chi connectivity index (χ4v) is 1.95. The molecule has 1 aromatic carbocycles. The van der Waals surface area contributed by atoms with E-state index in [-0.39, 0.29) is 5.56 Å². The molecule has 1 aliphatic rings. The molecule has 7 heteroatoms. The van der Waals surface area contributed by atoms with E-state index in [9.17, 15) is 17.6 Å². The van der Waals surface area contributed by atoms with E-state index in [2.05, 4.69) is 11.1 Å². The van der Waals surface area contributed by atoms with Gasteiger partial charge in [-0.05, 0) is 32.0 Å². The molecule has 1 radical (unpaired) electrons. The van der Waals surface area contributed by atoms with Crippen molar-refractivity contribution in [1.29, 1.82) is 0 Å². The van der Waals surface area contributed by atoms with Crippen LogP contribution in [0, 0.1) is 11.9 Å². The van der Waals surface area contributed by atoms with Gasteiger partial charge < -0.3 is 10.5 Å². The van der Waals surface area contributed by atoms with Gasteiger partial charge in [0.05, 0.1) is 6.61 Å². The van der Waals surface area contributed by atoms with Crippen LogP contribution in [0.2, 0.25) is 0 Å². The summed E-state index contributed by atoms with van der Waals surface area (Å²) in [7, 11) is 0. The highest BCUT2D eigenvalue weighted by atomic mass is 19.4. The first kappa shape index (κ1) is 14.8. The van der Waals surface area contributed by atoms with Crippen LogP contribution in [0.1, 0.15) is 19.4 Å². The zero-order valence-corrected chi connectivity index (χ0v) is 10.9. The summed E-state index contributed by atoms with van der Waals surface area (Å²) in [5.41, 5.74) is 1.56. The standard InChI is InChI=1S/C13H13F4N2O/c1-11(8-5-3-4-6-9(8)14)7-20-12(2,10(18)19-11)13(15,16)17/h4-6H,7H2,1-2H3,(H2,18,19). The molecule has 0 amide bonds. The molecule has 0 bridgehead atoms. The normalized spacial score (nSPS) is 31.0. The maximum atomic E-state index is 13.8. The SMILES string of the molecule is CC1(c2c[c]ccc2F)COC(C)(C(F)(F)F)C(N)=N1. The highest BCUT2D eigenvalue weighted by molar-refractivity contribution is 5.90. The predicted molar refractivity (Wildman–Crippen MR) is 64.6 cm³/mol. The first-order valence-corrected chi connectivity index (χ1v) is 5.83. The number of hydrogen-bond donors (Lipinski definition) is 1. The van der Waals surface area contributed by atoms with Crippen LogP contribution < -0.4 is 5.73 Å². The number of benzene rings is 1. The quantitative estimate of drug-likeness (QED) is 0.808. The third-order valence-electron chi connectivity index (χ3n) is 3.43. The summed E-state index contributed by atoms with van der Waals surface area (Å²) in [6.07, 6.45) is -4.69. The van der Waals surface area contributed by atoms with Gasteiger partial charge in [0, 0.05) is 5.56 Å². The van der Waals surface area contributed by atoms with Crippen LogP contribution in [-0.4, -0.2) is 24.2 Å². The average Bonchev–Trinajstić information content (AvgIpc) is 2.33. The lowest BCUT2D eigenvalue weighted by Gasteiger charge is -2.40. The summed E-state index contributed by atoms with van der Waals surface area (Å²) in [4.78, 5) is 3.85. The van der Waals surface area contributed by atoms with Crippen LogP contribution in [0.25, 0.3) is 0 Å². The van der Waals surface area contributed by atoms with Gasteiger partial charge in [0.2, 0.25) is 5.60 Å². The molecule has 109 valence electrons. The van der Waals surface area contributed by atoms with Crippen molar-refractivity contribution in [2.75, 3.05) is 6.61 Å². The van der Waals surface area contributed by atoms with Crippen LogP contribution >= 0.6 is 0 Å². The summed E-state index contributed by atoms with van der Waals surface area (Å²) >= 11 is 0. The first-order chi connectivity index (χ1) is 9.10. The molecule has 20 heavy (non-hydrogen) atoms. The van der Waals surface area contributed by atoms with Crippen LogP contribution in [0.3, 0.4) is 0 Å². The van der Waals surface area contributed by atoms with Gasteiger partial charge in [0.25, 0.3) is 0 Å². The van der Waals surface area contributed by atoms with Crippen molar-refractivity contribution >= 4 is 5.84 Å². The molecule has 0 aromatic heterocycles. The Balaban J connectivity index is 2.47. The largest absolute Gasteiger partial charge is 0.424 e. The Morgan fingerprint density at radius 2 is 2.05 bits per heavy atom. The van der Waals surface area contributed by atoms with Gasteiger partial charge in [0.1, 0.15) is 17.2 Å². The number of alkyl halides is 3. The van der Waals surface area contributed by atoms with Crippen LogP contribution in [0.5, 0.6) is 0 Å². The molecule has 0 fully saturated rings. The first-order valence-electron chi connectivity index (χ1n) is 5.83. The van der Waals surface area contributed by atoms with Gasteiger partial charge in [-0.25, -0.2) is 4.39 Å². The molecule has 1 aliphatic heterocycles. The van der Waals surface area contributed by atoms with Gasteiger partial charge in [0.15, 0.2) is 0 Å². The number of amidine groups is 1. The molecule has 2 rings (SSSR count). The molecule has 2 unspecified atom stereocenters. The van der Waals surface area contributed by atoms with E-state index >= 15 is 0 Å². The van der Waals surface area contributed by atoms with Crippen molar-refractivity contribution in [3.63, 3.8) is 0 Å². The molecule has 1 heterocycles. The highest BCUT2D eigenvalue weighted by Gasteiger charge is 2.59. The Labute approximate surface area is 113 Å². The monoisotopic (exact) mass is 289 g/mol. The van der Waals surface area contributed by atoms with Crippen molar-refractivity contribution in [1.82, 2.24) is 0 Å². The molecule has 2 atom stereocenters. The second kappa shape index (κ2) is 4.44. The van der Waals surface area contributed by atoms with E-state index < -0.39 is 35.6 Å². The Kier molecular flexibility index (Phi) is 3.28. The van der Waals surface area contributed by atoms with Gasteiger partial charge >= 0.3 is 6.18 Å². The Bertz CT molecular complexity index is 558. The lowest BCUT2D eigenvalue weighted by atomic mass is 9.90. The van der Waals surface area contributed by atoms with Crippen molar-refractivity contribution < 1.29 is 22.3 Å². The van der Waals surface area contributed by atoms with Gasteiger partial charge in [-0.3, -0.25) is 4.99 Å². The summed E-state index contributed by atoms with van der Waals surface area (Å²) in [6.45, 7) is 1.83. The van der Waals surface area contributed by atoms with Crippen molar-refractivity contribution in [2.24, 2.45) is 10.7 Å². The van der Waals surface area contributed by atoms with E-state index in [1.54, 1.807) is 0 Å². The Morgan fingerprint density at radius 3 is 2.55 bits per heavy atom. The summed E-state index contributed by atoms with van der Waals surface area (Å²) in [5, 5.41) is 0. The molecular formula is C13H13F4N2O. The minimum atomic E-state index is -4.69. The number of halogens is 4. The van der Waals surface area contributed by atoms with Gasteiger partial charge in [-0.15, -0.1) is 0 Å². The maximum Gasteiger partial charge on any atom is 0.424 e. The van der Waals surface area contributed by atoms with Crippen LogP contribution in [0.4, 0.5) is 17.6 Å². The molecule has 0 spiro atoms. The smallest absolute Gasteiger partial charge is 0.385 e. The Hall–Kier alpha value is -1.63. The second-order valence-electron chi connectivity index (χ2n) is 5.00. The lowest BCUT2D eigenvalue weighted by molar-refractivity contribution is -0.249. The number of aliphatic imine (C=N–C) groups is 1. The molecule has 0 aliphatic carbocycles. The predicted octanol–water partition coefficient (Wildman–Crippen LogP) is 2.55. The second-order valence-corrected chi connectivity index (χ2v) is 5.00. The fourth-order valence-electron chi connectivity index (χ4n) is 1.95. The van der Waals surface area contributed by atoms with Gasteiger partial charge in [-0.2, -0.15) is 13.2 Å². The van der Waals surface area contributed by atoms with E-state index in [1.807, 2.05) is 0 Å². The molecular weight excluding hydrogens is 276 g/mol. The summed E-state index contributed by atoms with van der Waals surface area (Å²) < 4.78 is 57.5. The topological polar surface area (TPSA) is 47.6 Å². The lowest BCUT2D eigenvalue weighted by Crippen LogP contribution is -2.60. The number of rotatable bonds is 1. The van der Waals surface area contributed by atoms with E-state index in [0.717, 1.165) is 13.0 Å². The molecule has 0 saturated heterocycles. The zero-order chi connectivity index (χ0) is 15.2. The maximum absolute atomic E-state index is 13.8. The number of nitrogens with zero attached hydrogens (tertiary/aromatic N) is 1. The molecule has 0 saturated carbocycles.